The van der Waals surface area contributed by atoms with E-state index in [-0.39, 0.29) is 11.9 Å². The average molecular weight is 282 g/mol. The number of imidazole rings is 1. The number of halogens is 2. The summed E-state index contributed by atoms with van der Waals surface area (Å²) in [5.74, 6) is 0.581. The summed E-state index contributed by atoms with van der Waals surface area (Å²) >= 11 is 5.96. The number of nitrogens with zero attached hydrogens (tertiary/aromatic N) is 1. The van der Waals surface area contributed by atoms with E-state index in [1.807, 2.05) is 0 Å². The predicted octanol–water partition coefficient (Wildman–Crippen LogP) is 3.49. The van der Waals surface area contributed by atoms with Crippen LogP contribution in [0.25, 0.3) is 0 Å². The second-order valence-electron chi connectivity index (χ2n) is 4.41. The Morgan fingerprint density at radius 2 is 2.32 bits per heavy atom. The van der Waals surface area contributed by atoms with Gasteiger partial charge in [0, 0.05) is 35.4 Å². The first kappa shape index (κ1) is 14.0. The van der Waals surface area contributed by atoms with E-state index in [4.69, 9.17) is 11.6 Å². The smallest absolute Gasteiger partial charge is 0.128 e. The second-order valence-corrected chi connectivity index (χ2v) is 4.85. The minimum Gasteiger partial charge on any atom is -0.349 e. The first-order chi connectivity index (χ1) is 9.20. The van der Waals surface area contributed by atoms with Crippen molar-refractivity contribution in [2.75, 3.05) is 6.54 Å². The van der Waals surface area contributed by atoms with Gasteiger partial charge in [-0.1, -0.05) is 18.5 Å². The molecule has 2 N–H and O–H groups in total. The molecule has 19 heavy (non-hydrogen) atoms. The minimum absolute atomic E-state index is 0.134. The Labute approximate surface area is 117 Å². The zero-order valence-electron chi connectivity index (χ0n) is 10.8. The molecule has 5 heteroatoms. The summed E-state index contributed by atoms with van der Waals surface area (Å²) in [5.41, 5.74) is 0.581. The Morgan fingerprint density at radius 1 is 1.47 bits per heavy atom. The van der Waals surface area contributed by atoms with Crippen molar-refractivity contribution >= 4 is 11.6 Å². The molecule has 1 heterocycles. The highest BCUT2D eigenvalue weighted by molar-refractivity contribution is 6.30. The standard InChI is InChI=1S/C14H17ClFN3/c1-2-5-17-13(9-14-18-6-7-19-14)11-8-10(15)3-4-12(11)16/h3-4,6-8,13,17H,2,5,9H2,1H3,(H,18,19). The van der Waals surface area contributed by atoms with Gasteiger partial charge in [-0.25, -0.2) is 9.37 Å². The summed E-state index contributed by atoms with van der Waals surface area (Å²) in [7, 11) is 0. The van der Waals surface area contributed by atoms with E-state index < -0.39 is 0 Å². The van der Waals surface area contributed by atoms with Crippen LogP contribution < -0.4 is 5.32 Å². The van der Waals surface area contributed by atoms with Crippen molar-refractivity contribution in [3.8, 4) is 0 Å². The molecule has 0 saturated heterocycles. The molecule has 1 atom stereocenters. The van der Waals surface area contributed by atoms with E-state index in [0.29, 0.717) is 17.0 Å². The molecule has 0 saturated carbocycles. The number of benzene rings is 1. The van der Waals surface area contributed by atoms with Crippen molar-refractivity contribution < 1.29 is 4.39 Å². The molecule has 3 nitrogen and oxygen atoms in total. The molecule has 0 fully saturated rings. The van der Waals surface area contributed by atoms with Crippen molar-refractivity contribution in [1.82, 2.24) is 15.3 Å². The Balaban J connectivity index is 2.23. The lowest BCUT2D eigenvalue weighted by molar-refractivity contribution is 0.490. The summed E-state index contributed by atoms with van der Waals surface area (Å²) < 4.78 is 13.9. The lowest BCUT2D eigenvalue weighted by atomic mass is 10.0. The maximum Gasteiger partial charge on any atom is 0.128 e. The third kappa shape index (κ3) is 3.78. The van der Waals surface area contributed by atoms with E-state index in [2.05, 4.69) is 22.2 Å². The molecule has 1 aromatic heterocycles. The van der Waals surface area contributed by atoms with Crippen LogP contribution >= 0.6 is 11.6 Å². The highest BCUT2D eigenvalue weighted by Gasteiger charge is 2.17. The second kappa shape index (κ2) is 6.68. The van der Waals surface area contributed by atoms with Gasteiger partial charge in [0.05, 0.1) is 0 Å². The molecule has 0 amide bonds. The van der Waals surface area contributed by atoms with E-state index in [0.717, 1.165) is 18.8 Å². The van der Waals surface area contributed by atoms with Gasteiger partial charge in [-0.2, -0.15) is 0 Å². The van der Waals surface area contributed by atoms with E-state index >= 15 is 0 Å². The largest absolute Gasteiger partial charge is 0.349 e. The van der Waals surface area contributed by atoms with Crippen molar-refractivity contribution in [3.63, 3.8) is 0 Å². The van der Waals surface area contributed by atoms with Crippen LogP contribution in [0, 0.1) is 5.82 Å². The summed E-state index contributed by atoms with van der Waals surface area (Å²) in [5, 5.41) is 3.87. The van der Waals surface area contributed by atoms with Gasteiger partial charge < -0.3 is 10.3 Å². The third-order valence-corrected chi connectivity index (χ3v) is 3.16. The molecule has 0 aliphatic carbocycles. The zero-order chi connectivity index (χ0) is 13.7. The van der Waals surface area contributed by atoms with Gasteiger partial charge in [0.1, 0.15) is 11.6 Å². The van der Waals surface area contributed by atoms with Gasteiger partial charge in [-0.15, -0.1) is 0 Å². The summed E-state index contributed by atoms with van der Waals surface area (Å²) in [6, 6.07) is 4.50. The number of H-pyrrole nitrogens is 1. The van der Waals surface area contributed by atoms with Crippen LogP contribution in [0.1, 0.15) is 30.8 Å². The molecular formula is C14H17ClFN3. The monoisotopic (exact) mass is 281 g/mol. The fourth-order valence-electron chi connectivity index (χ4n) is 2.00. The quantitative estimate of drug-likeness (QED) is 0.851. The Kier molecular flexibility index (Phi) is 4.93. The first-order valence-corrected chi connectivity index (χ1v) is 6.75. The summed E-state index contributed by atoms with van der Waals surface area (Å²) in [6.45, 7) is 2.89. The summed E-state index contributed by atoms with van der Waals surface area (Å²) in [4.78, 5) is 7.23. The molecule has 0 aliphatic heterocycles. The maximum atomic E-state index is 13.9. The van der Waals surface area contributed by atoms with E-state index in [1.165, 1.54) is 6.07 Å². The van der Waals surface area contributed by atoms with Gasteiger partial charge in [0.25, 0.3) is 0 Å². The van der Waals surface area contributed by atoms with Gasteiger partial charge in [-0.3, -0.25) is 0 Å². The highest BCUT2D eigenvalue weighted by atomic mass is 35.5. The molecule has 0 radical (unpaired) electrons. The van der Waals surface area contributed by atoms with E-state index in [9.17, 15) is 4.39 Å². The van der Waals surface area contributed by atoms with Crippen LogP contribution in [0.15, 0.2) is 30.6 Å². The Bertz CT molecular complexity index is 513. The Morgan fingerprint density at radius 3 is 3.00 bits per heavy atom. The predicted molar refractivity (Wildman–Crippen MR) is 74.7 cm³/mol. The number of nitrogens with one attached hydrogen (secondary N) is 2. The van der Waals surface area contributed by atoms with Crippen molar-refractivity contribution in [2.45, 2.75) is 25.8 Å². The lowest BCUT2D eigenvalue weighted by Crippen LogP contribution is -2.25. The van der Waals surface area contributed by atoms with Crippen LogP contribution in [0.4, 0.5) is 4.39 Å². The first-order valence-electron chi connectivity index (χ1n) is 6.37. The molecule has 2 aromatic rings. The fourth-order valence-corrected chi connectivity index (χ4v) is 2.18. The zero-order valence-corrected chi connectivity index (χ0v) is 11.5. The van der Waals surface area contributed by atoms with Crippen LogP contribution in [-0.2, 0) is 6.42 Å². The molecule has 0 aliphatic rings. The van der Waals surface area contributed by atoms with Gasteiger partial charge in [0.15, 0.2) is 0 Å². The van der Waals surface area contributed by atoms with Crippen LogP contribution in [0.5, 0.6) is 0 Å². The molecule has 1 aromatic carbocycles. The molecule has 0 spiro atoms. The molecular weight excluding hydrogens is 265 g/mol. The van der Waals surface area contributed by atoms with Crippen molar-refractivity contribution in [2.24, 2.45) is 0 Å². The SMILES string of the molecule is CCCNC(Cc1ncc[nH]1)c1cc(Cl)ccc1F. The van der Waals surface area contributed by atoms with Crippen LogP contribution in [-0.4, -0.2) is 16.5 Å². The van der Waals surface area contributed by atoms with E-state index in [1.54, 1.807) is 24.5 Å². The van der Waals surface area contributed by atoms with Crippen LogP contribution in [0.3, 0.4) is 0 Å². The molecule has 102 valence electrons. The number of aromatic amines is 1. The number of aromatic nitrogens is 2. The third-order valence-electron chi connectivity index (χ3n) is 2.93. The summed E-state index contributed by atoms with van der Waals surface area (Å²) in [6.07, 6.45) is 5.04. The van der Waals surface area contributed by atoms with Crippen molar-refractivity contribution in [1.29, 1.82) is 0 Å². The fraction of sp³-hybridized carbons (Fsp3) is 0.357. The van der Waals surface area contributed by atoms with Gasteiger partial charge in [-0.05, 0) is 31.2 Å². The molecule has 0 bridgehead atoms. The Hall–Kier alpha value is -1.39. The number of hydrogen-bond acceptors (Lipinski definition) is 2. The highest BCUT2D eigenvalue weighted by Crippen LogP contribution is 2.23. The van der Waals surface area contributed by atoms with Gasteiger partial charge in [0.2, 0.25) is 0 Å². The normalized spacial score (nSPS) is 12.6. The van der Waals surface area contributed by atoms with Crippen LogP contribution in [0.2, 0.25) is 5.02 Å². The van der Waals surface area contributed by atoms with Crippen molar-refractivity contribution in [3.05, 3.63) is 52.8 Å². The molecule has 2 rings (SSSR count). The topological polar surface area (TPSA) is 40.7 Å². The minimum atomic E-state index is -0.246. The lowest BCUT2D eigenvalue weighted by Gasteiger charge is -2.19. The van der Waals surface area contributed by atoms with Gasteiger partial charge >= 0.3 is 0 Å². The molecule has 1 unspecified atom stereocenters. The number of rotatable bonds is 6. The average Bonchev–Trinajstić information content (AvgIpc) is 2.90. The number of hydrogen-bond donors (Lipinski definition) is 2. The maximum absolute atomic E-state index is 13.9.